The van der Waals surface area contributed by atoms with Gasteiger partial charge in [0.25, 0.3) is 0 Å². The lowest BCUT2D eigenvalue weighted by atomic mass is 10.0. The van der Waals surface area contributed by atoms with Crippen LogP contribution in [0.2, 0.25) is 0 Å². The summed E-state index contributed by atoms with van der Waals surface area (Å²) in [5.74, 6) is 0. The summed E-state index contributed by atoms with van der Waals surface area (Å²) in [6, 6.07) is 8.68. The van der Waals surface area contributed by atoms with Gasteiger partial charge in [-0.25, -0.2) is 0 Å². The normalized spacial score (nSPS) is 12.5. The average molecular weight is 246 g/mol. The van der Waals surface area contributed by atoms with Crippen LogP contribution in [-0.2, 0) is 6.42 Å². The molecule has 0 spiro atoms. The van der Waals surface area contributed by atoms with Crippen LogP contribution in [0.25, 0.3) is 0 Å². The Labute approximate surface area is 107 Å². The van der Waals surface area contributed by atoms with Crippen LogP contribution in [0.5, 0.6) is 0 Å². The van der Waals surface area contributed by atoms with E-state index in [0.717, 1.165) is 25.1 Å². The smallest absolute Gasteiger partial charge is 0.0573 e. The van der Waals surface area contributed by atoms with E-state index in [4.69, 9.17) is 0 Å². The van der Waals surface area contributed by atoms with Gasteiger partial charge in [-0.05, 0) is 53.9 Å². The summed E-state index contributed by atoms with van der Waals surface area (Å²) in [5.41, 5.74) is 2.57. The Bertz CT molecular complexity index is 411. The number of thiophene rings is 1. The Morgan fingerprint density at radius 1 is 1.35 bits per heavy atom. The van der Waals surface area contributed by atoms with Crippen LogP contribution < -0.4 is 5.32 Å². The van der Waals surface area contributed by atoms with Crippen molar-refractivity contribution in [1.29, 1.82) is 0 Å². The van der Waals surface area contributed by atoms with Gasteiger partial charge in [-0.1, -0.05) is 13.0 Å². The standard InChI is InChI=1S/C14H18N2S/c1-2-15-14(13-5-3-4-9-16-13)7-6-12-8-10-17-11-12/h3-5,8-11,14-15H,2,6-7H2,1H3. The van der Waals surface area contributed by atoms with E-state index < -0.39 is 0 Å². The number of nitrogens with one attached hydrogen (secondary N) is 1. The van der Waals surface area contributed by atoms with Gasteiger partial charge < -0.3 is 5.32 Å². The van der Waals surface area contributed by atoms with Crippen molar-refractivity contribution in [3.05, 3.63) is 52.5 Å². The Morgan fingerprint density at radius 2 is 2.29 bits per heavy atom. The van der Waals surface area contributed by atoms with Crippen molar-refractivity contribution in [3.63, 3.8) is 0 Å². The molecule has 0 fully saturated rings. The fourth-order valence-electron chi connectivity index (χ4n) is 1.93. The molecule has 0 saturated carbocycles. The third-order valence-electron chi connectivity index (χ3n) is 2.80. The predicted molar refractivity (Wildman–Crippen MR) is 73.3 cm³/mol. The zero-order chi connectivity index (χ0) is 11.9. The molecule has 2 aromatic heterocycles. The second kappa shape index (κ2) is 6.52. The second-order valence-corrected chi connectivity index (χ2v) is 4.82. The van der Waals surface area contributed by atoms with Gasteiger partial charge in [-0.15, -0.1) is 0 Å². The van der Waals surface area contributed by atoms with E-state index in [2.05, 4.69) is 46.2 Å². The highest BCUT2D eigenvalue weighted by Crippen LogP contribution is 2.18. The number of rotatable bonds is 6. The molecular formula is C14H18N2S. The van der Waals surface area contributed by atoms with Crippen molar-refractivity contribution in [1.82, 2.24) is 10.3 Å². The molecule has 0 bridgehead atoms. The van der Waals surface area contributed by atoms with Crippen molar-refractivity contribution in [3.8, 4) is 0 Å². The van der Waals surface area contributed by atoms with Gasteiger partial charge in [-0.2, -0.15) is 11.3 Å². The Kier molecular flexibility index (Phi) is 4.71. The lowest BCUT2D eigenvalue weighted by molar-refractivity contribution is 0.504. The molecule has 2 aromatic rings. The molecule has 0 aliphatic heterocycles. The highest BCUT2D eigenvalue weighted by molar-refractivity contribution is 7.07. The largest absolute Gasteiger partial charge is 0.309 e. The fourth-order valence-corrected chi connectivity index (χ4v) is 2.63. The monoisotopic (exact) mass is 246 g/mol. The average Bonchev–Trinajstić information content (AvgIpc) is 2.88. The Morgan fingerprint density at radius 3 is 2.94 bits per heavy atom. The molecule has 2 heterocycles. The van der Waals surface area contributed by atoms with Crippen LogP contribution in [0, 0.1) is 0 Å². The zero-order valence-electron chi connectivity index (χ0n) is 10.1. The predicted octanol–water partition coefficient (Wildman–Crippen LogP) is 3.43. The third-order valence-corrected chi connectivity index (χ3v) is 3.53. The van der Waals surface area contributed by atoms with E-state index in [1.54, 1.807) is 11.3 Å². The van der Waals surface area contributed by atoms with Gasteiger partial charge in [-0.3, -0.25) is 4.98 Å². The summed E-state index contributed by atoms with van der Waals surface area (Å²) >= 11 is 1.76. The molecule has 2 rings (SSSR count). The van der Waals surface area contributed by atoms with E-state index in [1.165, 1.54) is 5.56 Å². The van der Waals surface area contributed by atoms with Crippen molar-refractivity contribution in [2.75, 3.05) is 6.54 Å². The molecule has 1 unspecified atom stereocenters. The molecule has 90 valence electrons. The molecule has 0 aromatic carbocycles. The van der Waals surface area contributed by atoms with E-state index in [9.17, 15) is 0 Å². The fraction of sp³-hybridized carbons (Fsp3) is 0.357. The van der Waals surface area contributed by atoms with Crippen LogP contribution in [0.15, 0.2) is 41.2 Å². The number of aromatic nitrogens is 1. The van der Waals surface area contributed by atoms with Crippen molar-refractivity contribution in [2.24, 2.45) is 0 Å². The van der Waals surface area contributed by atoms with Crippen LogP contribution in [0.3, 0.4) is 0 Å². The number of hydrogen-bond acceptors (Lipinski definition) is 3. The topological polar surface area (TPSA) is 24.9 Å². The number of hydrogen-bond donors (Lipinski definition) is 1. The summed E-state index contributed by atoms with van der Waals surface area (Å²) in [7, 11) is 0. The quantitative estimate of drug-likeness (QED) is 0.844. The lowest BCUT2D eigenvalue weighted by Gasteiger charge is -2.16. The molecule has 1 atom stereocenters. The first-order valence-electron chi connectivity index (χ1n) is 6.05. The molecule has 0 aliphatic carbocycles. The van der Waals surface area contributed by atoms with Crippen LogP contribution in [0.1, 0.15) is 30.6 Å². The molecule has 3 heteroatoms. The molecule has 0 radical (unpaired) electrons. The van der Waals surface area contributed by atoms with Gasteiger partial charge in [0.05, 0.1) is 5.69 Å². The molecule has 0 amide bonds. The third kappa shape index (κ3) is 3.65. The number of pyridine rings is 1. The lowest BCUT2D eigenvalue weighted by Crippen LogP contribution is -2.22. The first kappa shape index (κ1) is 12.3. The molecule has 1 N–H and O–H groups in total. The van der Waals surface area contributed by atoms with Crippen LogP contribution in [-0.4, -0.2) is 11.5 Å². The van der Waals surface area contributed by atoms with Gasteiger partial charge in [0.1, 0.15) is 0 Å². The van der Waals surface area contributed by atoms with Crippen molar-refractivity contribution >= 4 is 11.3 Å². The zero-order valence-corrected chi connectivity index (χ0v) is 10.9. The number of nitrogens with zero attached hydrogens (tertiary/aromatic N) is 1. The van der Waals surface area contributed by atoms with Crippen LogP contribution >= 0.6 is 11.3 Å². The van der Waals surface area contributed by atoms with Crippen molar-refractivity contribution in [2.45, 2.75) is 25.8 Å². The molecule has 0 aliphatic rings. The minimum atomic E-state index is 0.362. The maximum absolute atomic E-state index is 4.44. The minimum Gasteiger partial charge on any atom is -0.309 e. The maximum atomic E-state index is 4.44. The second-order valence-electron chi connectivity index (χ2n) is 4.04. The Hall–Kier alpha value is -1.19. The molecule has 0 saturated heterocycles. The molecular weight excluding hydrogens is 228 g/mol. The highest BCUT2D eigenvalue weighted by Gasteiger charge is 2.11. The maximum Gasteiger partial charge on any atom is 0.0573 e. The van der Waals surface area contributed by atoms with Crippen molar-refractivity contribution < 1.29 is 0 Å². The van der Waals surface area contributed by atoms with Gasteiger partial charge in [0.2, 0.25) is 0 Å². The van der Waals surface area contributed by atoms with E-state index in [1.807, 2.05) is 12.3 Å². The van der Waals surface area contributed by atoms with E-state index >= 15 is 0 Å². The first-order valence-corrected chi connectivity index (χ1v) is 7.00. The van der Waals surface area contributed by atoms with Crippen LogP contribution in [0.4, 0.5) is 0 Å². The highest BCUT2D eigenvalue weighted by atomic mass is 32.1. The summed E-state index contributed by atoms with van der Waals surface area (Å²) in [6.07, 6.45) is 4.07. The molecule has 17 heavy (non-hydrogen) atoms. The number of aryl methyl sites for hydroxylation is 1. The summed E-state index contributed by atoms with van der Waals surface area (Å²) < 4.78 is 0. The SMILES string of the molecule is CCNC(CCc1ccsc1)c1ccccn1. The molecule has 2 nitrogen and oxygen atoms in total. The minimum absolute atomic E-state index is 0.362. The summed E-state index contributed by atoms with van der Waals surface area (Å²) in [4.78, 5) is 4.44. The summed E-state index contributed by atoms with van der Waals surface area (Å²) in [5, 5.41) is 7.86. The van der Waals surface area contributed by atoms with E-state index in [0.29, 0.717) is 6.04 Å². The summed E-state index contributed by atoms with van der Waals surface area (Å²) in [6.45, 7) is 3.12. The first-order chi connectivity index (χ1) is 8.40. The van der Waals surface area contributed by atoms with Gasteiger partial charge in [0.15, 0.2) is 0 Å². The Balaban J connectivity index is 1.98. The van der Waals surface area contributed by atoms with Gasteiger partial charge in [0, 0.05) is 12.2 Å². The van der Waals surface area contributed by atoms with E-state index in [-0.39, 0.29) is 0 Å². The van der Waals surface area contributed by atoms with Gasteiger partial charge >= 0.3 is 0 Å².